The fourth-order valence-electron chi connectivity index (χ4n) is 3.34. The highest BCUT2D eigenvalue weighted by atomic mass is 79.9. The van der Waals surface area contributed by atoms with E-state index in [1.54, 1.807) is 48.5 Å². The summed E-state index contributed by atoms with van der Waals surface area (Å²) in [6.45, 7) is 5.19. The van der Waals surface area contributed by atoms with E-state index in [-0.39, 0.29) is 18.5 Å². The van der Waals surface area contributed by atoms with Gasteiger partial charge < -0.3 is 10.2 Å². The molecule has 1 N–H and O–H groups in total. The summed E-state index contributed by atoms with van der Waals surface area (Å²) < 4.78 is 26.8. The van der Waals surface area contributed by atoms with E-state index in [0.29, 0.717) is 21.6 Å². The Bertz CT molecular complexity index is 1080. The molecule has 2 amide bonds. The van der Waals surface area contributed by atoms with Crippen LogP contribution in [-0.2, 0) is 26.2 Å². The summed E-state index contributed by atoms with van der Waals surface area (Å²) in [6, 6.07) is 12.9. The van der Waals surface area contributed by atoms with Gasteiger partial charge in [0, 0.05) is 22.1 Å². The number of sulfonamides is 1. The molecule has 180 valence electrons. The molecule has 2 aromatic carbocycles. The molecule has 0 heterocycles. The molecule has 33 heavy (non-hydrogen) atoms. The highest BCUT2D eigenvalue weighted by Crippen LogP contribution is 2.28. The Hall–Kier alpha value is -2.10. The quantitative estimate of drug-likeness (QED) is 0.474. The van der Waals surface area contributed by atoms with Crippen molar-refractivity contribution in [2.75, 3.05) is 17.1 Å². The number of amides is 2. The summed E-state index contributed by atoms with van der Waals surface area (Å²) in [5.41, 5.74) is 1.12. The maximum Gasteiger partial charge on any atom is 0.244 e. The molecule has 0 aliphatic heterocycles. The zero-order chi connectivity index (χ0) is 24.8. The number of rotatable bonds is 10. The van der Waals surface area contributed by atoms with Gasteiger partial charge >= 0.3 is 0 Å². The van der Waals surface area contributed by atoms with Crippen molar-refractivity contribution in [2.24, 2.45) is 0 Å². The Morgan fingerprint density at radius 2 is 1.70 bits per heavy atom. The van der Waals surface area contributed by atoms with Crippen molar-refractivity contribution in [3.63, 3.8) is 0 Å². The van der Waals surface area contributed by atoms with Gasteiger partial charge in [-0.15, -0.1) is 0 Å². The first-order valence-corrected chi connectivity index (χ1v) is 13.5. The minimum atomic E-state index is -3.78. The van der Waals surface area contributed by atoms with Gasteiger partial charge in [-0.2, -0.15) is 0 Å². The first-order valence-electron chi connectivity index (χ1n) is 10.5. The average Bonchev–Trinajstić information content (AvgIpc) is 2.72. The number of carbonyl (C=O) groups excluding carboxylic acids is 2. The second-order valence-electron chi connectivity index (χ2n) is 7.96. The molecule has 0 bridgehead atoms. The lowest BCUT2D eigenvalue weighted by Gasteiger charge is -2.33. The summed E-state index contributed by atoms with van der Waals surface area (Å²) in [5, 5.41) is 3.41. The third kappa shape index (κ3) is 7.72. The monoisotopic (exact) mass is 557 g/mol. The van der Waals surface area contributed by atoms with Crippen molar-refractivity contribution in [3.05, 3.63) is 63.6 Å². The van der Waals surface area contributed by atoms with E-state index < -0.39 is 28.5 Å². The smallest absolute Gasteiger partial charge is 0.244 e. The summed E-state index contributed by atoms with van der Waals surface area (Å²) in [4.78, 5) is 27.9. The van der Waals surface area contributed by atoms with Crippen LogP contribution in [-0.4, -0.2) is 50.0 Å². The lowest BCUT2D eigenvalue weighted by Crippen LogP contribution is -2.53. The van der Waals surface area contributed by atoms with Crippen LogP contribution in [0.5, 0.6) is 0 Å². The van der Waals surface area contributed by atoms with Crippen molar-refractivity contribution >= 4 is 55.1 Å². The van der Waals surface area contributed by atoms with E-state index in [0.717, 1.165) is 16.1 Å². The van der Waals surface area contributed by atoms with Gasteiger partial charge in [-0.3, -0.25) is 13.9 Å². The van der Waals surface area contributed by atoms with Crippen LogP contribution >= 0.6 is 27.5 Å². The zero-order valence-corrected chi connectivity index (χ0v) is 22.2. The Morgan fingerprint density at radius 3 is 2.21 bits per heavy atom. The Morgan fingerprint density at radius 1 is 1.09 bits per heavy atom. The summed E-state index contributed by atoms with van der Waals surface area (Å²) in [7, 11) is -3.78. The van der Waals surface area contributed by atoms with Crippen molar-refractivity contribution in [3.8, 4) is 0 Å². The molecule has 0 radical (unpaired) electrons. The number of nitrogens with zero attached hydrogens (tertiary/aromatic N) is 2. The third-order valence-corrected chi connectivity index (χ3v) is 6.93. The maximum absolute atomic E-state index is 13.5. The van der Waals surface area contributed by atoms with E-state index in [1.165, 1.54) is 4.90 Å². The number of carbonyl (C=O) groups is 2. The Kier molecular flexibility index (Phi) is 9.75. The van der Waals surface area contributed by atoms with Crippen LogP contribution in [0.15, 0.2) is 53.0 Å². The van der Waals surface area contributed by atoms with Crippen molar-refractivity contribution in [2.45, 2.75) is 45.8 Å². The van der Waals surface area contributed by atoms with E-state index >= 15 is 0 Å². The molecule has 0 spiro atoms. The number of anilines is 1. The minimum Gasteiger partial charge on any atom is -0.352 e. The molecule has 2 rings (SSSR count). The van der Waals surface area contributed by atoms with Crippen LogP contribution in [0, 0.1) is 0 Å². The largest absolute Gasteiger partial charge is 0.352 e. The number of benzene rings is 2. The standard InChI is InChI=1S/C23H29BrClN3O4S/c1-5-20(23(30)26-16(2)3)27(14-17-10-12-18(25)13-11-17)22(29)15-28(33(4,31)32)21-9-7-6-8-19(21)24/h6-13,16,20H,5,14-15H2,1-4H3,(H,26,30)/t20-/m0/s1. The first-order chi connectivity index (χ1) is 15.4. The van der Waals surface area contributed by atoms with Gasteiger partial charge in [0.1, 0.15) is 12.6 Å². The molecule has 0 aliphatic rings. The van der Waals surface area contributed by atoms with E-state index in [9.17, 15) is 18.0 Å². The number of hydrogen-bond acceptors (Lipinski definition) is 4. The van der Waals surface area contributed by atoms with Crippen molar-refractivity contribution in [1.82, 2.24) is 10.2 Å². The van der Waals surface area contributed by atoms with Crippen LogP contribution in [0.2, 0.25) is 5.02 Å². The second-order valence-corrected chi connectivity index (χ2v) is 11.2. The Balaban J connectivity index is 2.44. The Labute approximate surface area is 209 Å². The SMILES string of the molecule is CC[C@@H](C(=O)NC(C)C)N(Cc1ccc(Cl)cc1)C(=O)CN(c1ccccc1Br)S(C)(=O)=O. The number of halogens is 2. The molecule has 2 aromatic rings. The highest BCUT2D eigenvalue weighted by molar-refractivity contribution is 9.10. The van der Waals surface area contributed by atoms with Gasteiger partial charge in [-0.25, -0.2) is 8.42 Å². The molecule has 1 atom stereocenters. The maximum atomic E-state index is 13.5. The van der Waals surface area contributed by atoms with Gasteiger partial charge in [0.15, 0.2) is 0 Å². The summed E-state index contributed by atoms with van der Waals surface area (Å²) in [5.74, 6) is -0.779. The fraction of sp³-hybridized carbons (Fsp3) is 0.391. The van der Waals surface area contributed by atoms with Gasteiger partial charge in [0.2, 0.25) is 21.8 Å². The van der Waals surface area contributed by atoms with E-state index in [4.69, 9.17) is 11.6 Å². The molecule has 0 aliphatic carbocycles. The third-order valence-electron chi connectivity index (χ3n) is 4.88. The molecule has 0 unspecified atom stereocenters. The van der Waals surface area contributed by atoms with E-state index in [1.807, 2.05) is 20.8 Å². The topological polar surface area (TPSA) is 86.8 Å². The zero-order valence-electron chi connectivity index (χ0n) is 19.1. The van der Waals surface area contributed by atoms with Gasteiger partial charge in [0.05, 0.1) is 11.9 Å². The normalized spacial score (nSPS) is 12.3. The first kappa shape index (κ1) is 27.1. The van der Waals surface area contributed by atoms with Gasteiger partial charge in [-0.1, -0.05) is 42.8 Å². The summed E-state index contributed by atoms with van der Waals surface area (Å²) >= 11 is 9.35. The number of nitrogens with one attached hydrogen (secondary N) is 1. The highest BCUT2D eigenvalue weighted by Gasteiger charge is 2.32. The molecule has 0 fully saturated rings. The van der Waals surface area contributed by atoms with Crippen LogP contribution in [0.4, 0.5) is 5.69 Å². The van der Waals surface area contributed by atoms with Gasteiger partial charge in [0.25, 0.3) is 0 Å². The molecule has 0 saturated carbocycles. The molecule has 10 heteroatoms. The number of hydrogen-bond donors (Lipinski definition) is 1. The lowest BCUT2D eigenvalue weighted by atomic mass is 10.1. The molecule has 7 nitrogen and oxygen atoms in total. The lowest BCUT2D eigenvalue weighted by molar-refractivity contribution is -0.140. The van der Waals surface area contributed by atoms with Gasteiger partial charge in [-0.05, 0) is 66.0 Å². The molecular weight excluding hydrogens is 530 g/mol. The average molecular weight is 559 g/mol. The summed E-state index contributed by atoms with van der Waals surface area (Å²) in [6.07, 6.45) is 1.41. The number of para-hydroxylation sites is 1. The van der Waals surface area contributed by atoms with Crippen LogP contribution in [0.1, 0.15) is 32.8 Å². The predicted molar refractivity (Wildman–Crippen MR) is 136 cm³/mol. The second kappa shape index (κ2) is 11.9. The fourth-order valence-corrected chi connectivity index (χ4v) is 4.94. The molecule has 0 aromatic heterocycles. The minimum absolute atomic E-state index is 0.105. The molecular formula is C23H29BrClN3O4S. The van der Waals surface area contributed by atoms with Crippen LogP contribution in [0.3, 0.4) is 0 Å². The van der Waals surface area contributed by atoms with E-state index in [2.05, 4.69) is 21.2 Å². The van der Waals surface area contributed by atoms with Crippen LogP contribution in [0.25, 0.3) is 0 Å². The van der Waals surface area contributed by atoms with Crippen LogP contribution < -0.4 is 9.62 Å². The van der Waals surface area contributed by atoms with Crippen molar-refractivity contribution < 1.29 is 18.0 Å². The molecule has 0 saturated heterocycles. The predicted octanol–water partition coefficient (Wildman–Crippen LogP) is 4.20. The van der Waals surface area contributed by atoms with Crippen molar-refractivity contribution in [1.29, 1.82) is 0 Å².